The van der Waals surface area contributed by atoms with E-state index in [1.165, 1.54) is 11.9 Å². The second kappa shape index (κ2) is 5.99. The van der Waals surface area contributed by atoms with Gasteiger partial charge in [-0.15, -0.1) is 0 Å². The van der Waals surface area contributed by atoms with Gasteiger partial charge in [-0.2, -0.15) is 0 Å². The minimum atomic E-state index is 0.642. The summed E-state index contributed by atoms with van der Waals surface area (Å²) in [5, 5.41) is 3.31. The molecule has 0 aliphatic rings. The highest BCUT2D eigenvalue weighted by molar-refractivity contribution is 9.10. The largest absolute Gasteiger partial charge is 0.339 e. The van der Waals surface area contributed by atoms with Crippen LogP contribution in [0.15, 0.2) is 29.0 Å². The van der Waals surface area contributed by atoms with E-state index in [-0.39, 0.29) is 0 Å². The maximum Gasteiger partial charge on any atom is 0.148 e. The van der Waals surface area contributed by atoms with Crippen molar-refractivity contribution in [2.75, 3.05) is 10.7 Å². The lowest BCUT2D eigenvalue weighted by Crippen LogP contribution is -2.13. The Kier molecular flexibility index (Phi) is 4.34. The molecule has 0 radical (unpaired) electrons. The number of aryl methyl sites for hydroxylation is 1. The molecule has 4 N–H and O–H groups in total. The third-order valence-corrected chi connectivity index (χ3v) is 3.50. The van der Waals surface area contributed by atoms with Crippen LogP contribution in [-0.4, -0.2) is 9.97 Å². The first-order chi connectivity index (χ1) is 9.15. The van der Waals surface area contributed by atoms with Crippen LogP contribution in [0.5, 0.6) is 0 Å². The molecule has 0 atom stereocenters. The van der Waals surface area contributed by atoms with E-state index in [0.29, 0.717) is 5.82 Å². The van der Waals surface area contributed by atoms with Gasteiger partial charge >= 0.3 is 0 Å². The molecule has 100 valence electrons. The Morgan fingerprint density at radius 1 is 1.26 bits per heavy atom. The maximum absolute atomic E-state index is 5.47. The molecular formula is C13H16BrN5. The lowest BCUT2D eigenvalue weighted by atomic mass is 10.2. The summed E-state index contributed by atoms with van der Waals surface area (Å²) in [5.41, 5.74) is 5.70. The number of hydrogen-bond acceptors (Lipinski definition) is 5. The first-order valence-electron chi connectivity index (χ1n) is 5.99. The van der Waals surface area contributed by atoms with Crippen molar-refractivity contribution in [3.05, 3.63) is 40.1 Å². The molecule has 6 heteroatoms. The van der Waals surface area contributed by atoms with Gasteiger partial charge in [0.1, 0.15) is 18.0 Å². The summed E-state index contributed by atoms with van der Waals surface area (Å²) in [4.78, 5) is 8.40. The minimum Gasteiger partial charge on any atom is -0.339 e. The maximum atomic E-state index is 5.47. The van der Waals surface area contributed by atoms with Crippen LogP contribution >= 0.6 is 15.9 Å². The molecule has 0 unspecified atom stereocenters. The molecule has 0 aliphatic heterocycles. The summed E-state index contributed by atoms with van der Waals surface area (Å²) in [7, 11) is 0. The average molecular weight is 322 g/mol. The number of hydrogen-bond donors (Lipinski definition) is 3. The van der Waals surface area contributed by atoms with Crippen LogP contribution in [0.4, 0.5) is 17.3 Å². The van der Waals surface area contributed by atoms with E-state index in [9.17, 15) is 0 Å². The van der Waals surface area contributed by atoms with Gasteiger partial charge in [0.25, 0.3) is 0 Å². The van der Waals surface area contributed by atoms with Crippen LogP contribution in [-0.2, 0) is 6.42 Å². The van der Waals surface area contributed by atoms with Crippen molar-refractivity contribution >= 4 is 33.3 Å². The molecule has 0 saturated carbocycles. The van der Waals surface area contributed by atoms with E-state index in [1.807, 2.05) is 26.0 Å². The van der Waals surface area contributed by atoms with Crippen molar-refractivity contribution in [3.63, 3.8) is 0 Å². The number of nitrogens with zero attached hydrogens (tertiary/aromatic N) is 2. The molecule has 2 rings (SSSR count). The van der Waals surface area contributed by atoms with Crippen LogP contribution in [0.25, 0.3) is 0 Å². The Morgan fingerprint density at radius 2 is 2.00 bits per heavy atom. The average Bonchev–Trinajstić information content (AvgIpc) is 2.42. The highest BCUT2D eigenvalue weighted by Crippen LogP contribution is 2.29. The Balaban J connectivity index is 2.40. The lowest BCUT2D eigenvalue weighted by molar-refractivity contribution is 1.04. The number of rotatable bonds is 4. The first kappa shape index (κ1) is 13.8. The summed E-state index contributed by atoms with van der Waals surface area (Å²) >= 11 is 3.52. The molecular weight excluding hydrogens is 306 g/mol. The number of nitrogens with one attached hydrogen (secondary N) is 2. The van der Waals surface area contributed by atoms with Crippen molar-refractivity contribution in [2.24, 2.45) is 5.84 Å². The van der Waals surface area contributed by atoms with Gasteiger partial charge in [-0.1, -0.05) is 13.0 Å². The Bertz CT molecular complexity index is 585. The highest BCUT2D eigenvalue weighted by atomic mass is 79.9. The van der Waals surface area contributed by atoms with E-state index >= 15 is 0 Å². The molecule has 0 amide bonds. The minimum absolute atomic E-state index is 0.642. The quantitative estimate of drug-likeness (QED) is 0.595. The van der Waals surface area contributed by atoms with Crippen molar-refractivity contribution in [3.8, 4) is 0 Å². The van der Waals surface area contributed by atoms with Crippen molar-refractivity contribution in [1.29, 1.82) is 0 Å². The van der Waals surface area contributed by atoms with Gasteiger partial charge < -0.3 is 10.7 Å². The predicted molar refractivity (Wildman–Crippen MR) is 81.4 cm³/mol. The summed E-state index contributed by atoms with van der Waals surface area (Å²) < 4.78 is 0.987. The normalized spacial score (nSPS) is 10.3. The van der Waals surface area contributed by atoms with Crippen LogP contribution in [0.1, 0.15) is 18.1 Å². The molecule has 0 spiro atoms. The highest BCUT2D eigenvalue weighted by Gasteiger charge is 2.10. The third-order valence-electron chi connectivity index (χ3n) is 2.81. The zero-order chi connectivity index (χ0) is 13.8. The molecule has 0 aliphatic carbocycles. The fraction of sp³-hybridized carbons (Fsp3) is 0.231. The smallest absolute Gasteiger partial charge is 0.148 e. The number of benzene rings is 1. The number of nitrogen functional groups attached to an aromatic ring is 1. The van der Waals surface area contributed by atoms with Crippen molar-refractivity contribution in [1.82, 2.24) is 9.97 Å². The number of aromatic nitrogens is 2. The SMILES string of the molecule is CCc1c(NN)ncnc1Nc1cc(C)ccc1Br. The molecule has 0 saturated heterocycles. The van der Waals surface area contributed by atoms with Crippen LogP contribution in [0, 0.1) is 6.92 Å². The van der Waals surface area contributed by atoms with Gasteiger partial charge in [0.2, 0.25) is 0 Å². The zero-order valence-corrected chi connectivity index (χ0v) is 12.5. The zero-order valence-electron chi connectivity index (χ0n) is 10.9. The van der Waals surface area contributed by atoms with Crippen LogP contribution in [0.3, 0.4) is 0 Å². The monoisotopic (exact) mass is 321 g/mol. The van der Waals surface area contributed by atoms with Crippen molar-refractivity contribution < 1.29 is 0 Å². The number of anilines is 3. The topological polar surface area (TPSA) is 75.9 Å². The fourth-order valence-corrected chi connectivity index (χ4v) is 2.19. The first-order valence-corrected chi connectivity index (χ1v) is 6.78. The Morgan fingerprint density at radius 3 is 2.68 bits per heavy atom. The van der Waals surface area contributed by atoms with E-state index in [0.717, 1.165) is 28.0 Å². The summed E-state index contributed by atoms with van der Waals surface area (Å²) in [6, 6.07) is 6.11. The summed E-state index contributed by atoms with van der Waals surface area (Å²) in [6.07, 6.45) is 2.27. The summed E-state index contributed by atoms with van der Waals surface area (Å²) in [6.45, 7) is 4.08. The molecule has 2 aromatic rings. The van der Waals surface area contributed by atoms with E-state index < -0.39 is 0 Å². The summed E-state index contributed by atoms with van der Waals surface area (Å²) in [5.74, 6) is 6.87. The lowest BCUT2D eigenvalue weighted by Gasteiger charge is -2.14. The molecule has 0 bridgehead atoms. The van der Waals surface area contributed by atoms with E-state index in [2.05, 4.69) is 42.7 Å². The third kappa shape index (κ3) is 3.02. The van der Waals surface area contributed by atoms with Gasteiger partial charge in [0.15, 0.2) is 0 Å². The van der Waals surface area contributed by atoms with Gasteiger partial charge in [-0.25, -0.2) is 15.8 Å². The molecule has 0 fully saturated rings. The number of halogens is 1. The van der Waals surface area contributed by atoms with E-state index in [1.54, 1.807) is 0 Å². The molecule has 1 aromatic carbocycles. The van der Waals surface area contributed by atoms with Gasteiger partial charge in [-0.05, 0) is 47.0 Å². The standard InChI is InChI=1S/C13H16BrN5/c1-3-9-12(16-7-17-13(9)19-15)18-11-6-8(2)4-5-10(11)14/h4-7H,3,15H2,1-2H3,(H2,16,17,18,19). The molecule has 1 heterocycles. The molecule has 5 nitrogen and oxygen atoms in total. The van der Waals surface area contributed by atoms with Gasteiger partial charge in [0, 0.05) is 10.0 Å². The number of hydrazine groups is 1. The van der Waals surface area contributed by atoms with E-state index in [4.69, 9.17) is 5.84 Å². The fourth-order valence-electron chi connectivity index (χ4n) is 1.84. The van der Waals surface area contributed by atoms with Crippen molar-refractivity contribution in [2.45, 2.75) is 20.3 Å². The van der Waals surface area contributed by atoms with Crippen LogP contribution in [0.2, 0.25) is 0 Å². The second-order valence-electron chi connectivity index (χ2n) is 4.16. The molecule has 1 aromatic heterocycles. The predicted octanol–water partition coefficient (Wildman–Crippen LogP) is 3.14. The Labute approximate surface area is 120 Å². The second-order valence-corrected chi connectivity index (χ2v) is 5.01. The molecule has 19 heavy (non-hydrogen) atoms. The van der Waals surface area contributed by atoms with Gasteiger partial charge in [0.05, 0.1) is 5.69 Å². The Hall–Kier alpha value is -1.66. The van der Waals surface area contributed by atoms with Crippen LogP contribution < -0.4 is 16.6 Å². The van der Waals surface area contributed by atoms with Gasteiger partial charge in [-0.3, -0.25) is 0 Å². The number of nitrogens with two attached hydrogens (primary N) is 1.